The van der Waals surface area contributed by atoms with E-state index in [1.807, 2.05) is 17.9 Å². The highest BCUT2D eigenvalue weighted by atomic mass is 16.3. The number of fused-ring (bicyclic) bond motifs is 1. The maximum absolute atomic E-state index is 12.5. The Hall–Kier alpha value is -1.95. The molecular formula is C15H20N4O2. The van der Waals surface area contributed by atoms with Gasteiger partial charge in [0.15, 0.2) is 5.65 Å². The third kappa shape index (κ3) is 2.19. The molecule has 21 heavy (non-hydrogen) atoms. The van der Waals surface area contributed by atoms with E-state index in [4.69, 9.17) is 5.11 Å². The molecule has 6 heteroatoms. The molecule has 0 atom stereocenters. The molecule has 6 nitrogen and oxygen atoms in total. The van der Waals surface area contributed by atoms with Crippen LogP contribution in [0.15, 0.2) is 12.3 Å². The van der Waals surface area contributed by atoms with Crippen molar-refractivity contribution >= 4 is 16.9 Å². The lowest BCUT2D eigenvalue weighted by Gasteiger charge is -2.48. The van der Waals surface area contributed by atoms with Crippen LogP contribution in [0, 0.1) is 6.92 Å². The van der Waals surface area contributed by atoms with Crippen molar-refractivity contribution < 1.29 is 9.90 Å². The van der Waals surface area contributed by atoms with Gasteiger partial charge in [0.05, 0.1) is 24.4 Å². The number of aliphatic hydroxyl groups excluding tert-OH is 1. The van der Waals surface area contributed by atoms with Gasteiger partial charge in [-0.2, -0.15) is 5.10 Å². The van der Waals surface area contributed by atoms with Crippen molar-refractivity contribution in [3.8, 4) is 0 Å². The largest absolute Gasteiger partial charge is 0.394 e. The minimum absolute atomic E-state index is 0.0144. The number of hydrogen-bond acceptors (Lipinski definition) is 4. The molecular weight excluding hydrogens is 268 g/mol. The molecule has 0 aromatic carbocycles. The molecule has 1 fully saturated rings. The maximum Gasteiger partial charge on any atom is 0.255 e. The number of carbonyl (C=O) groups excluding carboxylic acids is 1. The lowest BCUT2D eigenvalue weighted by Crippen LogP contribution is -2.58. The van der Waals surface area contributed by atoms with Gasteiger partial charge in [-0.25, -0.2) is 9.67 Å². The number of carbonyl (C=O) groups is 1. The van der Waals surface area contributed by atoms with E-state index in [9.17, 15) is 4.79 Å². The van der Waals surface area contributed by atoms with Crippen LogP contribution in [0.1, 0.15) is 36.3 Å². The number of aryl methyl sites for hydroxylation is 1. The van der Waals surface area contributed by atoms with Crippen LogP contribution in [-0.2, 0) is 6.54 Å². The van der Waals surface area contributed by atoms with Gasteiger partial charge >= 0.3 is 0 Å². The van der Waals surface area contributed by atoms with E-state index in [1.54, 1.807) is 10.9 Å². The Labute approximate surface area is 123 Å². The van der Waals surface area contributed by atoms with E-state index in [2.05, 4.69) is 23.9 Å². The Morgan fingerprint density at radius 2 is 2.24 bits per heavy atom. The van der Waals surface area contributed by atoms with Gasteiger partial charge in [0.25, 0.3) is 5.91 Å². The summed E-state index contributed by atoms with van der Waals surface area (Å²) in [6.45, 7) is 7.26. The SMILES string of the molecule is Cc1nn(CCO)c2ncc(C(=O)N3CCC3(C)C)cc12. The zero-order valence-electron chi connectivity index (χ0n) is 12.6. The molecule has 112 valence electrons. The molecule has 1 amide bonds. The second kappa shape index (κ2) is 4.80. The zero-order valence-corrected chi connectivity index (χ0v) is 12.6. The van der Waals surface area contributed by atoms with Gasteiger partial charge in [-0.15, -0.1) is 0 Å². The highest BCUT2D eigenvalue weighted by Crippen LogP contribution is 2.31. The van der Waals surface area contributed by atoms with Crippen molar-refractivity contribution in [1.82, 2.24) is 19.7 Å². The fourth-order valence-corrected chi connectivity index (χ4v) is 2.78. The summed E-state index contributed by atoms with van der Waals surface area (Å²) in [7, 11) is 0. The first kappa shape index (κ1) is 14.0. The molecule has 1 aliphatic heterocycles. The molecule has 2 aromatic heterocycles. The fourth-order valence-electron chi connectivity index (χ4n) is 2.78. The quantitative estimate of drug-likeness (QED) is 0.925. The average molecular weight is 288 g/mol. The highest BCUT2D eigenvalue weighted by Gasteiger charge is 2.39. The van der Waals surface area contributed by atoms with Crippen LogP contribution in [0.5, 0.6) is 0 Å². The summed E-state index contributed by atoms with van der Waals surface area (Å²) in [4.78, 5) is 18.8. The molecule has 2 aromatic rings. The van der Waals surface area contributed by atoms with E-state index in [0.717, 1.165) is 24.0 Å². The second-order valence-corrected chi connectivity index (χ2v) is 6.15. The van der Waals surface area contributed by atoms with Crippen LogP contribution in [0.3, 0.4) is 0 Å². The first-order chi connectivity index (χ1) is 9.94. The van der Waals surface area contributed by atoms with E-state index in [1.165, 1.54) is 0 Å². The summed E-state index contributed by atoms with van der Waals surface area (Å²) in [5, 5.41) is 14.3. The Kier molecular flexibility index (Phi) is 3.20. The number of aliphatic hydroxyl groups is 1. The number of nitrogens with zero attached hydrogens (tertiary/aromatic N) is 4. The lowest BCUT2D eigenvalue weighted by atomic mass is 9.88. The maximum atomic E-state index is 12.5. The highest BCUT2D eigenvalue weighted by molar-refractivity contribution is 5.98. The van der Waals surface area contributed by atoms with Gasteiger partial charge in [0.2, 0.25) is 0 Å². The van der Waals surface area contributed by atoms with Gasteiger partial charge in [0, 0.05) is 23.7 Å². The number of likely N-dealkylation sites (tertiary alicyclic amines) is 1. The van der Waals surface area contributed by atoms with E-state index >= 15 is 0 Å². The molecule has 1 aliphatic rings. The van der Waals surface area contributed by atoms with Crippen molar-refractivity contribution in [1.29, 1.82) is 0 Å². The molecule has 0 bridgehead atoms. The summed E-state index contributed by atoms with van der Waals surface area (Å²) < 4.78 is 1.67. The summed E-state index contributed by atoms with van der Waals surface area (Å²) in [5.74, 6) is 0.0231. The van der Waals surface area contributed by atoms with Crippen molar-refractivity contribution in [2.75, 3.05) is 13.2 Å². The Morgan fingerprint density at radius 1 is 1.48 bits per heavy atom. The van der Waals surface area contributed by atoms with E-state index in [0.29, 0.717) is 17.8 Å². The molecule has 3 rings (SSSR count). The Balaban J connectivity index is 1.98. The van der Waals surface area contributed by atoms with Crippen molar-refractivity contribution in [3.63, 3.8) is 0 Å². The van der Waals surface area contributed by atoms with Gasteiger partial charge < -0.3 is 10.0 Å². The Morgan fingerprint density at radius 3 is 2.81 bits per heavy atom. The number of pyridine rings is 1. The topological polar surface area (TPSA) is 71.2 Å². The first-order valence-corrected chi connectivity index (χ1v) is 7.20. The van der Waals surface area contributed by atoms with Crippen LogP contribution in [0.4, 0.5) is 0 Å². The molecule has 0 radical (unpaired) electrons. The summed E-state index contributed by atoms with van der Waals surface area (Å²) in [6.07, 6.45) is 2.63. The van der Waals surface area contributed by atoms with Gasteiger partial charge in [-0.05, 0) is 33.3 Å². The number of hydrogen-bond donors (Lipinski definition) is 1. The minimum atomic E-state index is -0.0673. The van der Waals surface area contributed by atoms with Crippen LogP contribution in [0.2, 0.25) is 0 Å². The second-order valence-electron chi connectivity index (χ2n) is 6.15. The smallest absolute Gasteiger partial charge is 0.255 e. The Bertz CT molecular complexity index is 705. The molecule has 0 spiro atoms. The third-order valence-electron chi connectivity index (χ3n) is 4.25. The average Bonchev–Trinajstić information content (AvgIpc) is 2.74. The fraction of sp³-hybridized carbons (Fsp3) is 0.533. The van der Waals surface area contributed by atoms with Crippen LogP contribution >= 0.6 is 0 Å². The molecule has 1 saturated heterocycles. The van der Waals surface area contributed by atoms with E-state index < -0.39 is 0 Å². The first-order valence-electron chi connectivity index (χ1n) is 7.20. The zero-order chi connectivity index (χ0) is 15.2. The number of aromatic nitrogens is 3. The minimum Gasteiger partial charge on any atom is -0.394 e. The molecule has 0 unspecified atom stereocenters. The predicted molar refractivity (Wildman–Crippen MR) is 79.1 cm³/mol. The monoisotopic (exact) mass is 288 g/mol. The standard InChI is InChI=1S/C15H20N4O2/c1-10-12-8-11(14(21)18-5-4-15(18,2)3)9-16-13(12)19(17-10)6-7-20/h8-9,20H,4-7H2,1-3H3. The summed E-state index contributed by atoms with van der Waals surface area (Å²) >= 11 is 0. The van der Waals surface area contributed by atoms with Crippen LogP contribution < -0.4 is 0 Å². The third-order valence-corrected chi connectivity index (χ3v) is 4.25. The lowest BCUT2D eigenvalue weighted by molar-refractivity contribution is 0.0157. The number of rotatable bonds is 3. The van der Waals surface area contributed by atoms with Gasteiger partial charge in [-0.1, -0.05) is 0 Å². The van der Waals surface area contributed by atoms with Crippen molar-refractivity contribution in [2.24, 2.45) is 0 Å². The van der Waals surface area contributed by atoms with Crippen molar-refractivity contribution in [2.45, 2.75) is 39.3 Å². The molecule has 1 N–H and O–H groups in total. The summed E-state index contributed by atoms with van der Waals surface area (Å²) in [5.41, 5.74) is 2.06. The molecule has 3 heterocycles. The molecule has 0 saturated carbocycles. The van der Waals surface area contributed by atoms with Gasteiger partial charge in [0.1, 0.15) is 0 Å². The molecule has 0 aliphatic carbocycles. The summed E-state index contributed by atoms with van der Waals surface area (Å²) in [6, 6.07) is 1.86. The normalized spacial score (nSPS) is 17.0. The predicted octanol–water partition coefficient (Wildman–Crippen LogP) is 1.36. The number of amides is 1. The van der Waals surface area contributed by atoms with Crippen molar-refractivity contribution in [3.05, 3.63) is 23.5 Å². The van der Waals surface area contributed by atoms with Crippen LogP contribution in [-0.4, -0.2) is 49.4 Å². The van der Waals surface area contributed by atoms with Crippen LogP contribution in [0.25, 0.3) is 11.0 Å². The van der Waals surface area contributed by atoms with Gasteiger partial charge in [-0.3, -0.25) is 4.79 Å². The van der Waals surface area contributed by atoms with E-state index in [-0.39, 0.29) is 18.1 Å².